The van der Waals surface area contributed by atoms with E-state index in [1.165, 1.54) is 84.4 Å². The molecule has 2 atom stereocenters. The zero-order valence-corrected chi connectivity index (χ0v) is 21.0. The van der Waals surface area contributed by atoms with Gasteiger partial charge >= 0.3 is 0 Å². The molecule has 1 aromatic rings. The maximum Gasteiger partial charge on any atom is 0.0350 e. The Kier molecular flexibility index (Phi) is 15.2. The molecule has 26 heavy (non-hydrogen) atoms. The summed E-state index contributed by atoms with van der Waals surface area (Å²) in [5.41, 5.74) is 2.50. The number of nitrogens with one attached hydrogen (secondary N) is 2. The number of halogens is 2. The van der Waals surface area contributed by atoms with Crippen LogP contribution >= 0.6 is 45.2 Å². The monoisotopic (exact) mass is 584 g/mol. The van der Waals surface area contributed by atoms with E-state index in [1.54, 1.807) is 0 Å². The predicted molar refractivity (Wildman–Crippen MR) is 137 cm³/mol. The highest BCUT2D eigenvalue weighted by Gasteiger charge is 2.09. The van der Waals surface area contributed by atoms with Crippen LogP contribution in [0.2, 0.25) is 0 Å². The van der Waals surface area contributed by atoms with Crippen molar-refractivity contribution in [2.45, 2.75) is 90.1 Å². The molecule has 0 aliphatic rings. The number of unbranched alkanes of at least 4 members (excludes halogenated alkanes) is 6. The van der Waals surface area contributed by atoms with Crippen molar-refractivity contribution in [1.82, 2.24) is 0 Å². The average Bonchev–Trinajstić information content (AvgIpc) is 2.67. The van der Waals surface area contributed by atoms with E-state index in [0.29, 0.717) is 12.1 Å². The first-order chi connectivity index (χ1) is 12.7. The molecule has 2 N–H and O–H groups in total. The van der Waals surface area contributed by atoms with Gasteiger partial charge < -0.3 is 10.6 Å². The Labute approximate surface area is 189 Å². The fourth-order valence-electron chi connectivity index (χ4n) is 3.14. The molecule has 1 aromatic carbocycles. The molecule has 0 fully saturated rings. The van der Waals surface area contributed by atoms with Crippen LogP contribution in [0.5, 0.6) is 0 Å². The molecule has 0 aliphatic heterocycles. The van der Waals surface area contributed by atoms with E-state index in [2.05, 4.69) is 93.9 Å². The molecule has 0 spiro atoms. The fourth-order valence-corrected chi connectivity index (χ4v) is 4.47. The van der Waals surface area contributed by atoms with Gasteiger partial charge in [0.05, 0.1) is 0 Å². The van der Waals surface area contributed by atoms with Crippen molar-refractivity contribution in [3.05, 3.63) is 24.3 Å². The van der Waals surface area contributed by atoms with E-state index >= 15 is 0 Å². The number of benzene rings is 1. The van der Waals surface area contributed by atoms with Crippen molar-refractivity contribution in [2.75, 3.05) is 19.5 Å². The predicted octanol–water partition coefficient (Wildman–Crippen LogP) is 8.06. The highest BCUT2D eigenvalue weighted by Crippen LogP contribution is 2.19. The first-order valence-electron chi connectivity index (χ1n) is 10.5. The van der Waals surface area contributed by atoms with Crippen LogP contribution in [0.15, 0.2) is 24.3 Å². The molecule has 0 amide bonds. The lowest BCUT2D eigenvalue weighted by Gasteiger charge is -2.20. The van der Waals surface area contributed by atoms with E-state index in [0.717, 1.165) is 0 Å². The Balaban J connectivity index is 2.40. The van der Waals surface area contributed by atoms with Crippen molar-refractivity contribution >= 4 is 56.6 Å². The zero-order chi connectivity index (χ0) is 19.0. The van der Waals surface area contributed by atoms with Gasteiger partial charge in [-0.25, -0.2) is 0 Å². The van der Waals surface area contributed by atoms with Crippen molar-refractivity contribution in [3.63, 3.8) is 0 Å². The highest BCUT2D eigenvalue weighted by molar-refractivity contribution is 14.1. The van der Waals surface area contributed by atoms with Gasteiger partial charge in [0.2, 0.25) is 0 Å². The van der Waals surface area contributed by atoms with Crippen LogP contribution in [0.1, 0.15) is 78.1 Å². The molecule has 0 heterocycles. The summed E-state index contributed by atoms with van der Waals surface area (Å²) in [7, 11) is 0. The van der Waals surface area contributed by atoms with E-state index in [-0.39, 0.29) is 0 Å². The Morgan fingerprint density at radius 2 is 1.04 bits per heavy atom. The molecule has 0 saturated carbocycles. The van der Waals surface area contributed by atoms with Crippen LogP contribution in [0.4, 0.5) is 11.4 Å². The Hall–Kier alpha value is 0.280. The van der Waals surface area contributed by atoms with Gasteiger partial charge in [-0.1, -0.05) is 110 Å². The Morgan fingerprint density at radius 3 is 1.35 bits per heavy atom. The molecule has 0 bridgehead atoms. The lowest BCUT2D eigenvalue weighted by atomic mass is 10.1. The molecule has 2 unspecified atom stereocenters. The molecule has 0 saturated heterocycles. The number of alkyl halides is 2. The van der Waals surface area contributed by atoms with Crippen LogP contribution in [0, 0.1) is 0 Å². The maximum absolute atomic E-state index is 3.71. The van der Waals surface area contributed by atoms with Crippen molar-refractivity contribution < 1.29 is 0 Å². The largest absolute Gasteiger partial charge is 0.382 e. The average molecular weight is 584 g/mol. The van der Waals surface area contributed by atoms with Gasteiger partial charge in [0, 0.05) is 32.3 Å². The lowest BCUT2D eigenvalue weighted by Crippen LogP contribution is -2.22. The molecule has 150 valence electrons. The Morgan fingerprint density at radius 1 is 0.654 bits per heavy atom. The quantitative estimate of drug-likeness (QED) is 0.117. The summed E-state index contributed by atoms with van der Waals surface area (Å²) in [5, 5.41) is 7.42. The third-order valence-corrected chi connectivity index (χ3v) is 6.94. The third-order valence-electron chi connectivity index (χ3n) is 4.81. The molecule has 0 radical (unpaired) electrons. The molecule has 0 aliphatic carbocycles. The first kappa shape index (κ1) is 24.3. The summed E-state index contributed by atoms with van der Waals surface area (Å²) in [5.74, 6) is 0. The van der Waals surface area contributed by atoms with Gasteiger partial charge in [0.1, 0.15) is 0 Å². The van der Waals surface area contributed by atoms with Crippen LogP contribution in [-0.4, -0.2) is 20.9 Å². The standard InChI is InChI=1S/C22H38I2N2/c1-3-5-7-9-11-21(17-23)25-19-13-15-20(16-14-19)26-22(18-24)12-10-8-6-4-2/h13-16,21-22,25-26H,3-12,17-18H2,1-2H3. The minimum Gasteiger partial charge on any atom is -0.382 e. The van der Waals surface area contributed by atoms with Crippen molar-refractivity contribution in [1.29, 1.82) is 0 Å². The number of hydrogen-bond donors (Lipinski definition) is 2. The van der Waals surface area contributed by atoms with E-state index in [9.17, 15) is 0 Å². The van der Waals surface area contributed by atoms with Gasteiger partial charge in [-0.15, -0.1) is 0 Å². The summed E-state index contributed by atoms with van der Waals surface area (Å²) in [6.45, 7) is 4.55. The Bertz CT molecular complexity index is 395. The van der Waals surface area contributed by atoms with Crippen molar-refractivity contribution in [3.8, 4) is 0 Å². The molecule has 1 rings (SSSR count). The highest BCUT2D eigenvalue weighted by atomic mass is 127. The van der Waals surface area contributed by atoms with Gasteiger partial charge in [-0.3, -0.25) is 0 Å². The summed E-state index contributed by atoms with van der Waals surface area (Å²) in [6.07, 6.45) is 13.3. The fraction of sp³-hybridized carbons (Fsp3) is 0.727. The normalized spacial score (nSPS) is 13.4. The van der Waals surface area contributed by atoms with E-state index in [4.69, 9.17) is 0 Å². The van der Waals surface area contributed by atoms with Crippen LogP contribution in [0.3, 0.4) is 0 Å². The van der Waals surface area contributed by atoms with Crippen LogP contribution in [-0.2, 0) is 0 Å². The van der Waals surface area contributed by atoms with Crippen molar-refractivity contribution in [2.24, 2.45) is 0 Å². The van der Waals surface area contributed by atoms with E-state index in [1.807, 2.05) is 0 Å². The molecule has 2 nitrogen and oxygen atoms in total. The number of anilines is 2. The SMILES string of the molecule is CCCCCCC(CI)Nc1ccc(NC(CI)CCCCCC)cc1. The summed E-state index contributed by atoms with van der Waals surface area (Å²) >= 11 is 5.02. The van der Waals surface area contributed by atoms with Gasteiger partial charge in [-0.2, -0.15) is 0 Å². The first-order valence-corrected chi connectivity index (χ1v) is 13.5. The summed E-state index contributed by atoms with van der Waals surface area (Å²) in [6, 6.07) is 10.1. The number of rotatable bonds is 16. The minimum absolute atomic E-state index is 0.590. The summed E-state index contributed by atoms with van der Waals surface area (Å²) < 4.78 is 2.33. The van der Waals surface area contributed by atoms with E-state index < -0.39 is 0 Å². The van der Waals surface area contributed by atoms with Crippen LogP contribution < -0.4 is 10.6 Å². The topological polar surface area (TPSA) is 24.1 Å². The summed E-state index contributed by atoms with van der Waals surface area (Å²) in [4.78, 5) is 0. The maximum atomic E-state index is 3.71. The molecular weight excluding hydrogens is 546 g/mol. The lowest BCUT2D eigenvalue weighted by molar-refractivity contribution is 0.600. The second-order valence-corrected chi connectivity index (χ2v) is 9.03. The second kappa shape index (κ2) is 16.3. The zero-order valence-electron chi connectivity index (χ0n) is 16.7. The van der Waals surface area contributed by atoms with Gasteiger partial charge in [0.15, 0.2) is 0 Å². The minimum atomic E-state index is 0.590. The molecule has 0 aromatic heterocycles. The van der Waals surface area contributed by atoms with Gasteiger partial charge in [0.25, 0.3) is 0 Å². The van der Waals surface area contributed by atoms with Crippen LogP contribution in [0.25, 0.3) is 0 Å². The molecule has 4 heteroatoms. The third kappa shape index (κ3) is 11.2. The second-order valence-electron chi connectivity index (χ2n) is 7.27. The molecular formula is C22H38I2N2. The van der Waals surface area contributed by atoms with Gasteiger partial charge in [-0.05, 0) is 37.1 Å². The number of hydrogen-bond acceptors (Lipinski definition) is 2. The smallest absolute Gasteiger partial charge is 0.0350 e.